The normalized spacial score (nSPS) is 13.4. The number of carbonyl (C=O) groups excluding carboxylic acids is 3. The SMILES string of the molecule is Cc1c(C(=O)Nc2ccc3c(c2)C(=O)N(C)C3=O)oc2ccc(F)cc12. The maximum atomic E-state index is 13.4. The first-order valence-corrected chi connectivity index (χ1v) is 7.83. The predicted octanol–water partition coefficient (Wildman–Crippen LogP) is 3.36. The van der Waals surface area contributed by atoms with E-state index >= 15 is 0 Å². The summed E-state index contributed by atoms with van der Waals surface area (Å²) < 4.78 is 18.9. The number of carbonyl (C=O) groups is 3. The molecule has 0 atom stereocenters. The molecule has 0 unspecified atom stereocenters. The van der Waals surface area contributed by atoms with Crippen LogP contribution in [0.2, 0.25) is 0 Å². The standard InChI is InChI=1S/C19H13FN2O4/c1-9-13-7-10(20)3-6-15(13)26-16(9)17(23)21-11-4-5-12-14(8-11)19(25)22(2)18(12)24/h3-8H,1-2H3,(H,21,23). The first-order valence-electron chi connectivity index (χ1n) is 7.83. The highest BCUT2D eigenvalue weighted by atomic mass is 19.1. The molecule has 2 aromatic carbocycles. The van der Waals surface area contributed by atoms with Gasteiger partial charge < -0.3 is 9.73 Å². The number of aryl methyl sites for hydroxylation is 1. The van der Waals surface area contributed by atoms with Crippen LogP contribution in [0.4, 0.5) is 10.1 Å². The van der Waals surface area contributed by atoms with Gasteiger partial charge in [-0.15, -0.1) is 0 Å². The maximum absolute atomic E-state index is 13.4. The van der Waals surface area contributed by atoms with Gasteiger partial charge in [-0.25, -0.2) is 4.39 Å². The fourth-order valence-electron chi connectivity index (χ4n) is 3.04. The van der Waals surface area contributed by atoms with E-state index in [0.29, 0.717) is 27.8 Å². The Morgan fingerprint density at radius 1 is 1.08 bits per heavy atom. The van der Waals surface area contributed by atoms with E-state index in [4.69, 9.17) is 4.42 Å². The average Bonchev–Trinajstić information content (AvgIpc) is 3.05. The van der Waals surface area contributed by atoms with E-state index in [2.05, 4.69) is 5.32 Å². The van der Waals surface area contributed by atoms with Gasteiger partial charge in [-0.3, -0.25) is 19.3 Å². The molecule has 0 spiro atoms. The molecule has 4 rings (SSSR count). The number of hydrogen-bond donors (Lipinski definition) is 1. The molecule has 0 saturated heterocycles. The molecule has 3 amide bonds. The largest absolute Gasteiger partial charge is 0.451 e. The molecule has 0 radical (unpaired) electrons. The first-order chi connectivity index (χ1) is 12.4. The molecular weight excluding hydrogens is 339 g/mol. The van der Waals surface area contributed by atoms with E-state index in [0.717, 1.165) is 4.90 Å². The second kappa shape index (κ2) is 5.52. The molecule has 6 nitrogen and oxygen atoms in total. The monoisotopic (exact) mass is 352 g/mol. The predicted molar refractivity (Wildman–Crippen MR) is 91.7 cm³/mol. The lowest BCUT2D eigenvalue weighted by Crippen LogP contribution is -2.24. The van der Waals surface area contributed by atoms with Crippen molar-refractivity contribution < 1.29 is 23.2 Å². The van der Waals surface area contributed by atoms with E-state index in [1.165, 1.54) is 37.4 Å². The number of benzene rings is 2. The zero-order chi connectivity index (χ0) is 18.6. The summed E-state index contributed by atoms with van der Waals surface area (Å²) in [6, 6.07) is 8.51. The lowest BCUT2D eigenvalue weighted by Gasteiger charge is -2.05. The molecule has 0 saturated carbocycles. The number of anilines is 1. The first kappa shape index (κ1) is 16.0. The Balaban J connectivity index is 1.67. The van der Waals surface area contributed by atoms with E-state index in [-0.39, 0.29) is 17.2 Å². The number of fused-ring (bicyclic) bond motifs is 2. The maximum Gasteiger partial charge on any atom is 0.291 e. The minimum absolute atomic E-state index is 0.0608. The molecule has 0 aliphatic carbocycles. The number of furan rings is 1. The van der Waals surface area contributed by atoms with Crippen molar-refractivity contribution in [1.29, 1.82) is 0 Å². The van der Waals surface area contributed by atoms with Crippen molar-refractivity contribution in [3.05, 3.63) is 64.7 Å². The van der Waals surface area contributed by atoms with Crippen molar-refractivity contribution in [3.8, 4) is 0 Å². The summed E-state index contributed by atoms with van der Waals surface area (Å²) in [6.07, 6.45) is 0. The van der Waals surface area contributed by atoms with Gasteiger partial charge in [0.15, 0.2) is 5.76 Å². The summed E-state index contributed by atoms with van der Waals surface area (Å²) in [6.45, 7) is 1.67. The third kappa shape index (κ3) is 2.28. The quantitative estimate of drug-likeness (QED) is 0.717. The molecule has 26 heavy (non-hydrogen) atoms. The minimum Gasteiger partial charge on any atom is -0.451 e. The summed E-state index contributed by atoms with van der Waals surface area (Å²) in [7, 11) is 1.40. The number of halogens is 1. The Morgan fingerprint density at radius 2 is 1.81 bits per heavy atom. The van der Waals surface area contributed by atoms with Crippen LogP contribution < -0.4 is 5.32 Å². The Bertz CT molecular complexity index is 1120. The van der Waals surface area contributed by atoms with Crippen LogP contribution in [0.25, 0.3) is 11.0 Å². The summed E-state index contributed by atoms with van der Waals surface area (Å²) in [5.41, 5.74) is 1.82. The van der Waals surface area contributed by atoms with Crippen molar-refractivity contribution in [2.75, 3.05) is 12.4 Å². The molecule has 7 heteroatoms. The fourth-order valence-corrected chi connectivity index (χ4v) is 3.04. The molecular formula is C19H13FN2O4. The molecule has 0 bridgehead atoms. The Morgan fingerprint density at radius 3 is 2.58 bits per heavy atom. The second-order valence-corrected chi connectivity index (χ2v) is 6.08. The van der Waals surface area contributed by atoms with Crippen molar-refractivity contribution in [2.45, 2.75) is 6.92 Å². The second-order valence-electron chi connectivity index (χ2n) is 6.08. The van der Waals surface area contributed by atoms with Gasteiger partial charge in [-0.05, 0) is 43.3 Å². The molecule has 1 N–H and O–H groups in total. The molecule has 0 fully saturated rings. The fraction of sp³-hybridized carbons (Fsp3) is 0.105. The van der Waals surface area contributed by atoms with Crippen molar-refractivity contribution in [2.24, 2.45) is 0 Å². The molecule has 3 aromatic rings. The van der Waals surface area contributed by atoms with Gasteiger partial charge in [0.25, 0.3) is 17.7 Å². The Labute approximate surface area is 147 Å². The van der Waals surface area contributed by atoms with Gasteiger partial charge in [-0.2, -0.15) is 0 Å². The average molecular weight is 352 g/mol. The van der Waals surface area contributed by atoms with E-state index in [9.17, 15) is 18.8 Å². The lowest BCUT2D eigenvalue weighted by molar-refractivity contribution is 0.0692. The zero-order valence-corrected chi connectivity index (χ0v) is 13.9. The van der Waals surface area contributed by atoms with Crippen molar-refractivity contribution >= 4 is 34.4 Å². The number of nitrogens with zero attached hydrogens (tertiary/aromatic N) is 1. The van der Waals surface area contributed by atoms with Gasteiger partial charge in [0.05, 0.1) is 11.1 Å². The van der Waals surface area contributed by atoms with Crippen molar-refractivity contribution in [1.82, 2.24) is 4.90 Å². The number of hydrogen-bond acceptors (Lipinski definition) is 4. The summed E-state index contributed by atoms with van der Waals surface area (Å²) in [5.74, 6) is -1.68. The van der Waals surface area contributed by atoms with Crippen LogP contribution in [0.1, 0.15) is 36.8 Å². The van der Waals surface area contributed by atoms with Crippen LogP contribution in [0.3, 0.4) is 0 Å². The Hall–Kier alpha value is -3.48. The van der Waals surface area contributed by atoms with Crippen LogP contribution >= 0.6 is 0 Å². The van der Waals surface area contributed by atoms with Crippen LogP contribution in [0.5, 0.6) is 0 Å². The number of imide groups is 1. The van der Waals surface area contributed by atoms with Gasteiger partial charge in [-0.1, -0.05) is 0 Å². The number of rotatable bonds is 2. The van der Waals surface area contributed by atoms with Gasteiger partial charge in [0.2, 0.25) is 0 Å². The third-order valence-corrected chi connectivity index (χ3v) is 4.45. The highest BCUT2D eigenvalue weighted by Gasteiger charge is 2.33. The van der Waals surface area contributed by atoms with Gasteiger partial charge in [0.1, 0.15) is 11.4 Å². The van der Waals surface area contributed by atoms with E-state index < -0.39 is 17.6 Å². The summed E-state index contributed by atoms with van der Waals surface area (Å²) >= 11 is 0. The molecule has 1 aliphatic heterocycles. The smallest absolute Gasteiger partial charge is 0.291 e. The van der Waals surface area contributed by atoms with E-state index in [1.807, 2.05) is 0 Å². The zero-order valence-electron chi connectivity index (χ0n) is 13.9. The molecule has 2 heterocycles. The lowest BCUT2D eigenvalue weighted by atomic mass is 10.1. The summed E-state index contributed by atoms with van der Waals surface area (Å²) in [4.78, 5) is 37.5. The number of nitrogens with one attached hydrogen (secondary N) is 1. The minimum atomic E-state index is -0.524. The van der Waals surface area contributed by atoms with Crippen molar-refractivity contribution in [3.63, 3.8) is 0 Å². The van der Waals surface area contributed by atoms with E-state index in [1.54, 1.807) is 13.0 Å². The topological polar surface area (TPSA) is 79.6 Å². The van der Waals surface area contributed by atoms with Gasteiger partial charge >= 0.3 is 0 Å². The third-order valence-electron chi connectivity index (χ3n) is 4.45. The van der Waals surface area contributed by atoms with Crippen LogP contribution in [0.15, 0.2) is 40.8 Å². The van der Waals surface area contributed by atoms with Crippen LogP contribution in [-0.4, -0.2) is 29.7 Å². The highest BCUT2D eigenvalue weighted by molar-refractivity contribution is 6.21. The summed E-state index contributed by atoms with van der Waals surface area (Å²) in [5, 5.41) is 3.17. The van der Waals surface area contributed by atoms with Gasteiger partial charge in [0, 0.05) is 23.7 Å². The number of amides is 3. The molecule has 1 aliphatic rings. The Kier molecular flexibility index (Phi) is 3.40. The van der Waals surface area contributed by atoms with Crippen LogP contribution in [-0.2, 0) is 0 Å². The van der Waals surface area contributed by atoms with Crippen LogP contribution in [0, 0.1) is 12.7 Å². The molecule has 1 aromatic heterocycles. The highest BCUT2D eigenvalue weighted by Crippen LogP contribution is 2.28. The molecule has 130 valence electrons.